The van der Waals surface area contributed by atoms with Gasteiger partial charge in [0.1, 0.15) is 24.5 Å². The van der Waals surface area contributed by atoms with Gasteiger partial charge >= 0.3 is 5.97 Å². The molecule has 0 N–H and O–H groups in total. The SMILES string of the molecule is CCCCS(=O)(=O)N1CCCCC1C(=O)N1CCCC1c1cn(Cc2nc(C(=O)OC)co2)nn1. The molecule has 2 aromatic heterocycles. The van der Waals surface area contributed by atoms with E-state index in [4.69, 9.17) is 4.42 Å². The first-order valence-corrected chi connectivity index (χ1v) is 13.7. The molecule has 2 saturated heterocycles. The number of amides is 1. The third-order valence-electron chi connectivity index (χ3n) is 6.53. The van der Waals surface area contributed by atoms with E-state index in [1.54, 1.807) is 11.1 Å². The van der Waals surface area contributed by atoms with Crippen molar-refractivity contribution in [2.24, 2.45) is 0 Å². The molecular formula is C22H32N6O6S. The van der Waals surface area contributed by atoms with E-state index in [0.717, 1.165) is 32.1 Å². The second-order valence-corrected chi connectivity index (χ2v) is 11.0. The van der Waals surface area contributed by atoms with Gasteiger partial charge in [0.2, 0.25) is 21.8 Å². The number of aromatic nitrogens is 4. The van der Waals surface area contributed by atoms with E-state index < -0.39 is 22.0 Å². The summed E-state index contributed by atoms with van der Waals surface area (Å²) in [6.07, 6.45) is 7.99. The summed E-state index contributed by atoms with van der Waals surface area (Å²) in [7, 11) is -2.22. The van der Waals surface area contributed by atoms with Crippen molar-refractivity contribution in [3.63, 3.8) is 0 Å². The summed E-state index contributed by atoms with van der Waals surface area (Å²) in [5.41, 5.74) is 0.702. The molecule has 0 radical (unpaired) electrons. The Morgan fingerprint density at radius 2 is 2.03 bits per heavy atom. The molecule has 2 aliphatic heterocycles. The molecule has 4 rings (SSSR count). The minimum Gasteiger partial charge on any atom is -0.464 e. The predicted molar refractivity (Wildman–Crippen MR) is 124 cm³/mol. The lowest BCUT2D eigenvalue weighted by molar-refractivity contribution is -0.137. The Morgan fingerprint density at radius 3 is 2.80 bits per heavy atom. The summed E-state index contributed by atoms with van der Waals surface area (Å²) in [5, 5.41) is 8.40. The molecule has 13 heteroatoms. The summed E-state index contributed by atoms with van der Waals surface area (Å²) >= 11 is 0. The zero-order valence-corrected chi connectivity index (χ0v) is 20.9. The number of unbranched alkanes of at least 4 members (excludes halogenated alkanes) is 1. The van der Waals surface area contributed by atoms with Crippen LogP contribution in [0.15, 0.2) is 16.9 Å². The minimum absolute atomic E-state index is 0.0707. The first kappa shape index (κ1) is 25.3. The minimum atomic E-state index is -3.48. The number of ether oxygens (including phenoxy) is 1. The van der Waals surface area contributed by atoms with Crippen LogP contribution in [0.5, 0.6) is 0 Å². The lowest BCUT2D eigenvalue weighted by Crippen LogP contribution is -2.53. The van der Waals surface area contributed by atoms with Gasteiger partial charge in [-0.2, -0.15) is 4.31 Å². The highest BCUT2D eigenvalue weighted by Crippen LogP contribution is 2.33. The largest absolute Gasteiger partial charge is 0.464 e. The number of oxazole rings is 1. The highest BCUT2D eigenvalue weighted by molar-refractivity contribution is 7.89. The Labute approximate surface area is 204 Å². The fraction of sp³-hybridized carbons (Fsp3) is 0.682. The quantitative estimate of drug-likeness (QED) is 0.463. The standard InChI is InChI=1S/C22H32N6O6S/c1-3-4-12-35(31,32)28-11-6-5-8-19(28)21(29)27-10-7-9-18(27)16-13-26(25-24-16)14-20-23-17(15-34-20)22(30)33-2/h13,15,18-19H,3-12,14H2,1-2H3. The summed E-state index contributed by atoms with van der Waals surface area (Å²) < 4.78 is 38.8. The molecule has 0 aliphatic carbocycles. The van der Waals surface area contributed by atoms with Crippen LogP contribution in [0.4, 0.5) is 0 Å². The predicted octanol–water partition coefficient (Wildman–Crippen LogP) is 1.75. The third kappa shape index (κ3) is 5.56. The molecule has 0 bridgehead atoms. The first-order chi connectivity index (χ1) is 16.8. The molecule has 2 unspecified atom stereocenters. The topological polar surface area (TPSA) is 141 Å². The number of likely N-dealkylation sites (tertiary alicyclic amines) is 1. The van der Waals surface area contributed by atoms with E-state index >= 15 is 0 Å². The van der Waals surface area contributed by atoms with Crippen molar-refractivity contribution in [2.45, 2.75) is 70.5 Å². The van der Waals surface area contributed by atoms with Crippen LogP contribution in [0.2, 0.25) is 0 Å². The van der Waals surface area contributed by atoms with Crippen LogP contribution in [0.25, 0.3) is 0 Å². The van der Waals surface area contributed by atoms with E-state index in [-0.39, 0.29) is 35.8 Å². The summed E-state index contributed by atoms with van der Waals surface area (Å²) in [6.45, 7) is 3.06. The van der Waals surface area contributed by atoms with Gasteiger partial charge in [0.15, 0.2) is 5.69 Å². The number of methoxy groups -OCH3 is 1. The Bertz CT molecular complexity index is 1150. The molecule has 0 aromatic carbocycles. The highest BCUT2D eigenvalue weighted by atomic mass is 32.2. The average molecular weight is 509 g/mol. The number of piperidine rings is 1. The Hall–Kier alpha value is -2.80. The van der Waals surface area contributed by atoms with E-state index in [1.807, 2.05) is 6.92 Å². The number of nitrogens with zero attached hydrogens (tertiary/aromatic N) is 6. The van der Waals surface area contributed by atoms with E-state index in [0.29, 0.717) is 31.6 Å². The molecule has 35 heavy (non-hydrogen) atoms. The summed E-state index contributed by atoms with van der Waals surface area (Å²) in [4.78, 5) is 31.0. The molecular weight excluding hydrogens is 476 g/mol. The number of esters is 1. The van der Waals surface area contributed by atoms with Gasteiger partial charge in [-0.3, -0.25) is 4.79 Å². The van der Waals surface area contributed by atoms with Gasteiger partial charge in [-0.15, -0.1) is 5.10 Å². The molecule has 0 saturated carbocycles. The molecule has 0 spiro atoms. The number of sulfonamides is 1. The lowest BCUT2D eigenvalue weighted by Gasteiger charge is -2.37. The summed E-state index contributed by atoms with van der Waals surface area (Å²) in [6, 6.07) is -0.932. The zero-order chi connectivity index (χ0) is 25.0. The molecule has 192 valence electrons. The molecule has 1 amide bonds. The van der Waals surface area contributed by atoms with Gasteiger partial charge in [-0.05, 0) is 32.1 Å². The summed E-state index contributed by atoms with van der Waals surface area (Å²) in [5.74, 6) is -0.398. The van der Waals surface area contributed by atoms with Gasteiger partial charge in [0, 0.05) is 13.1 Å². The van der Waals surface area contributed by atoms with E-state index in [1.165, 1.54) is 22.4 Å². The van der Waals surface area contributed by atoms with Crippen LogP contribution in [0.3, 0.4) is 0 Å². The average Bonchev–Trinajstić information content (AvgIpc) is 3.63. The molecule has 2 aliphatic rings. The van der Waals surface area contributed by atoms with Crippen LogP contribution in [-0.4, -0.2) is 81.5 Å². The first-order valence-electron chi connectivity index (χ1n) is 12.1. The second-order valence-electron chi connectivity index (χ2n) is 8.94. The monoisotopic (exact) mass is 508 g/mol. The molecule has 12 nitrogen and oxygen atoms in total. The van der Waals surface area contributed by atoms with Gasteiger partial charge < -0.3 is 14.1 Å². The molecule has 2 aromatic rings. The fourth-order valence-corrected chi connectivity index (χ4v) is 6.60. The van der Waals surface area contributed by atoms with Crippen LogP contribution in [0.1, 0.15) is 80.0 Å². The van der Waals surface area contributed by atoms with Crippen molar-refractivity contribution in [1.82, 2.24) is 29.2 Å². The second kappa shape index (κ2) is 10.9. The van der Waals surface area contributed by atoms with Crippen molar-refractivity contribution < 1.29 is 27.2 Å². The van der Waals surface area contributed by atoms with Gasteiger partial charge in [0.05, 0.1) is 25.1 Å². The fourth-order valence-electron chi connectivity index (χ4n) is 4.72. The van der Waals surface area contributed by atoms with Crippen LogP contribution >= 0.6 is 0 Å². The number of carbonyl (C=O) groups excluding carboxylic acids is 2. The van der Waals surface area contributed by atoms with Crippen molar-refractivity contribution >= 4 is 21.9 Å². The number of hydrogen-bond acceptors (Lipinski definition) is 9. The molecule has 4 heterocycles. The number of hydrogen-bond donors (Lipinski definition) is 0. The maximum absolute atomic E-state index is 13.6. The molecule has 2 fully saturated rings. The van der Waals surface area contributed by atoms with Crippen molar-refractivity contribution in [3.05, 3.63) is 29.7 Å². The maximum Gasteiger partial charge on any atom is 0.360 e. The van der Waals surface area contributed by atoms with Crippen LogP contribution < -0.4 is 0 Å². The lowest BCUT2D eigenvalue weighted by atomic mass is 10.0. The normalized spacial score (nSPS) is 21.4. The maximum atomic E-state index is 13.6. The van der Waals surface area contributed by atoms with Crippen molar-refractivity contribution in [1.29, 1.82) is 0 Å². The van der Waals surface area contributed by atoms with E-state index in [9.17, 15) is 18.0 Å². The van der Waals surface area contributed by atoms with Gasteiger partial charge in [0.25, 0.3) is 0 Å². The highest BCUT2D eigenvalue weighted by Gasteiger charge is 2.42. The Balaban J connectivity index is 1.47. The molecule has 2 atom stereocenters. The van der Waals surface area contributed by atoms with Gasteiger partial charge in [-0.25, -0.2) is 22.9 Å². The van der Waals surface area contributed by atoms with Crippen LogP contribution in [-0.2, 0) is 26.1 Å². The van der Waals surface area contributed by atoms with Gasteiger partial charge in [-0.1, -0.05) is 25.0 Å². The Morgan fingerprint density at radius 1 is 1.20 bits per heavy atom. The Kier molecular flexibility index (Phi) is 7.85. The third-order valence-corrected chi connectivity index (χ3v) is 8.49. The zero-order valence-electron chi connectivity index (χ0n) is 20.1. The van der Waals surface area contributed by atoms with Crippen molar-refractivity contribution in [3.8, 4) is 0 Å². The van der Waals surface area contributed by atoms with Crippen LogP contribution in [0, 0.1) is 0 Å². The number of rotatable bonds is 9. The van der Waals surface area contributed by atoms with Crippen molar-refractivity contribution in [2.75, 3.05) is 26.0 Å². The van der Waals surface area contributed by atoms with E-state index in [2.05, 4.69) is 20.0 Å². The smallest absolute Gasteiger partial charge is 0.360 e. The number of carbonyl (C=O) groups is 2.